The van der Waals surface area contributed by atoms with Gasteiger partial charge in [0.1, 0.15) is 6.04 Å². The summed E-state index contributed by atoms with van der Waals surface area (Å²) in [6.45, 7) is 6.52. The lowest BCUT2D eigenvalue weighted by Gasteiger charge is -2.44. The lowest BCUT2D eigenvalue weighted by molar-refractivity contribution is -0.145. The second-order valence-corrected chi connectivity index (χ2v) is 6.13. The van der Waals surface area contributed by atoms with E-state index >= 15 is 0 Å². The van der Waals surface area contributed by atoms with E-state index in [1.807, 2.05) is 0 Å². The fourth-order valence-electron chi connectivity index (χ4n) is 3.19. The number of carbonyl (C=O) groups excluding carboxylic acids is 2. The third kappa shape index (κ3) is 2.96. The first-order chi connectivity index (χ1) is 9.48. The number of hydrogen-bond donors (Lipinski definition) is 2. The van der Waals surface area contributed by atoms with Crippen LogP contribution in [-0.2, 0) is 14.3 Å². The van der Waals surface area contributed by atoms with Crippen molar-refractivity contribution in [3.8, 4) is 0 Å². The molecule has 2 fully saturated rings. The first-order valence-corrected chi connectivity index (χ1v) is 7.36. The highest BCUT2D eigenvalue weighted by Gasteiger charge is 2.47. The van der Waals surface area contributed by atoms with Crippen LogP contribution in [-0.4, -0.2) is 55.6 Å². The van der Waals surface area contributed by atoms with Gasteiger partial charge >= 0.3 is 0 Å². The van der Waals surface area contributed by atoms with Crippen LogP contribution < -0.4 is 11.1 Å². The van der Waals surface area contributed by atoms with Crippen LogP contribution in [0.15, 0.2) is 0 Å². The average molecular weight is 283 g/mol. The molecule has 1 saturated carbocycles. The van der Waals surface area contributed by atoms with Gasteiger partial charge in [0.25, 0.3) is 0 Å². The van der Waals surface area contributed by atoms with Gasteiger partial charge in [0.05, 0.1) is 18.6 Å². The Labute approximate surface area is 120 Å². The first-order valence-electron chi connectivity index (χ1n) is 7.36. The molecule has 0 spiro atoms. The highest BCUT2D eigenvalue weighted by molar-refractivity contribution is 5.90. The summed E-state index contributed by atoms with van der Waals surface area (Å²) in [5.41, 5.74) is 5.29. The number of amides is 2. The van der Waals surface area contributed by atoms with Crippen LogP contribution in [0.2, 0.25) is 0 Å². The van der Waals surface area contributed by atoms with Gasteiger partial charge in [0, 0.05) is 19.6 Å². The number of nitrogens with one attached hydrogen (secondary N) is 1. The molecule has 114 valence electrons. The number of carbonyl (C=O) groups is 2. The highest BCUT2D eigenvalue weighted by Crippen LogP contribution is 2.44. The Morgan fingerprint density at radius 1 is 1.40 bits per heavy atom. The normalized spacial score (nSPS) is 31.4. The van der Waals surface area contributed by atoms with E-state index in [0.29, 0.717) is 38.8 Å². The fraction of sp³-hybridized carbons (Fsp3) is 0.857. The van der Waals surface area contributed by atoms with Crippen molar-refractivity contribution < 1.29 is 14.3 Å². The van der Waals surface area contributed by atoms with Gasteiger partial charge in [-0.25, -0.2) is 0 Å². The number of morpholine rings is 1. The molecule has 0 radical (unpaired) electrons. The molecule has 2 rings (SSSR count). The van der Waals surface area contributed by atoms with E-state index in [1.54, 1.807) is 11.8 Å². The van der Waals surface area contributed by atoms with Crippen LogP contribution in [0, 0.1) is 11.3 Å². The van der Waals surface area contributed by atoms with Crippen molar-refractivity contribution >= 4 is 11.8 Å². The van der Waals surface area contributed by atoms with Crippen molar-refractivity contribution in [2.75, 3.05) is 32.8 Å². The van der Waals surface area contributed by atoms with Crippen molar-refractivity contribution in [2.24, 2.45) is 17.1 Å². The van der Waals surface area contributed by atoms with E-state index in [1.165, 1.54) is 0 Å². The summed E-state index contributed by atoms with van der Waals surface area (Å²) >= 11 is 0. The van der Waals surface area contributed by atoms with E-state index < -0.39 is 11.5 Å². The van der Waals surface area contributed by atoms with Gasteiger partial charge in [-0.15, -0.1) is 0 Å². The maximum atomic E-state index is 12.3. The molecule has 20 heavy (non-hydrogen) atoms. The molecular weight excluding hydrogens is 258 g/mol. The molecule has 6 heteroatoms. The Hall–Kier alpha value is -1.14. The maximum absolute atomic E-state index is 12.3. The molecule has 3 N–H and O–H groups in total. The van der Waals surface area contributed by atoms with Gasteiger partial charge in [-0.3, -0.25) is 9.59 Å². The molecular formula is C14H25N3O3. The molecule has 6 nitrogen and oxygen atoms in total. The van der Waals surface area contributed by atoms with Crippen molar-refractivity contribution in [3.63, 3.8) is 0 Å². The van der Waals surface area contributed by atoms with Crippen LogP contribution in [0.25, 0.3) is 0 Å². The minimum atomic E-state index is -0.500. The molecule has 1 unspecified atom stereocenters. The van der Waals surface area contributed by atoms with Gasteiger partial charge in [0.2, 0.25) is 11.8 Å². The zero-order chi connectivity index (χ0) is 14.8. The summed E-state index contributed by atoms with van der Waals surface area (Å²) < 4.78 is 5.22. The van der Waals surface area contributed by atoms with Gasteiger partial charge < -0.3 is 20.7 Å². The Bertz CT molecular complexity index is 374. The average Bonchev–Trinajstić information content (AvgIpc) is 2.43. The summed E-state index contributed by atoms with van der Waals surface area (Å²) in [5, 5.41) is 2.84. The second-order valence-electron chi connectivity index (χ2n) is 6.13. The van der Waals surface area contributed by atoms with Gasteiger partial charge in [-0.1, -0.05) is 6.92 Å². The zero-order valence-electron chi connectivity index (χ0n) is 12.4. The first kappa shape index (κ1) is 15.3. The number of nitrogens with zero attached hydrogens (tertiary/aromatic N) is 1. The Kier molecular flexibility index (Phi) is 4.65. The zero-order valence-corrected chi connectivity index (χ0v) is 12.4. The molecule has 1 aliphatic carbocycles. The molecule has 0 aromatic carbocycles. The minimum Gasteiger partial charge on any atom is -0.378 e. The predicted molar refractivity (Wildman–Crippen MR) is 74.9 cm³/mol. The van der Waals surface area contributed by atoms with Crippen molar-refractivity contribution in [1.29, 1.82) is 0 Å². The van der Waals surface area contributed by atoms with E-state index in [4.69, 9.17) is 10.5 Å². The molecule has 0 aromatic heterocycles. The van der Waals surface area contributed by atoms with Crippen molar-refractivity contribution in [1.82, 2.24) is 10.2 Å². The van der Waals surface area contributed by atoms with E-state index in [-0.39, 0.29) is 11.8 Å². The largest absolute Gasteiger partial charge is 0.378 e. The number of rotatable bonds is 4. The van der Waals surface area contributed by atoms with Crippen LogP contribution >= 0.6 is 0 Å². The fourth-order valence-corrected chi connectivity index (χ4v) is 3.19. The molecule has 0 aromatic rings. The van der Waals surface area contributed by atoms with Crippen LogP contribution in [0.1, 0.15) is 26.7 Å². The van der Waals surface area contributed by atoms with Crippen molar-refractivity contribution in [2.45, 2.75) is 32.7 Å². The maximum Gasteiger partial charge on any atom is 0.245 e. The van der Waals surface area contributed by atoms with Crippen LogP contribution in [0.5, 0.6) is 0 Å². The minimum absolute atomic E-state index is 0.0406. The monoisotopic (exact) mass is 283 g/mol. The third-order valence-electron chi connectivity index (χ3n) is 4.39. The predicted octanol–water partition coefficient (Wildman–Crippen LogP) is -0.275. The third-order valence-corrected chi connectivity index (χ3v) is 4.39. The number of nitrogens with two attached hydrogens (primary N) is 1. The highest BCUT2D eigenvalue weighted by atomic mass is 16.5. The standard InChI is InChI=1S/C14H25N3O3/c1-10-7-14(8-10,9-15)13(19)16-11(2)12(18)17-3-5-20-6-4-17/h10-11H,3-9,15H2,1-2H3,(H,16,19). The number of ether oxygens (including phenoxy) is 1. The Morgan fingerprint density at radius 3 is 2.50 bits per heavy atom. The van der Waals surface area contributed by atoms with Crippen LogP contribution in [0.4, 0.5) is 0 Å². The quantitative estimate of drug-likeness (QED) is 0.743. The summed E-state index contributed by atoms with van der Waals surface area (Å²) in [7, 11) is 0. The summed E-state index contributed by atoms with van der Waals surface area (Å²) in [6.07, 6.45) is 1.63. The molecule has 2 aliphatic rings. The van der Waals surface area contributed by atoms with E-state index in [2.05, 4.69) is 12.2 Å². The molecule has 2 amide bonds. The molecule has 1 heterocycles. The molecule has 0 bridgehead atoms. The molecule has 1 saturated heterocycles. The SMILES string of the molecule is CC1CC(CN)(C(=O)NC(C)C(=O)N2CCOCC2)C1. The van der Waals surface area contributed by atoms with E-state index in [9.17, 15) is 9.59 Å². The second kappa shape index (κ2) is 6.10. The topological polar surface area (TPSA) is 84.7 Å². The Balaban J connectivity index is 1.88. The van der Waals surface area contributed by atoms with E-state index in [0.717, 1.165) is 12.8 Å². The van der Waals surface area contributed by atoms with Gasteiger partial charge in [-0.2, -0.15) is 0 Å². The Morgan fingerprint density at radius 2 is 2.00 bits per heavy atom. The summed E-state index contributed by atoms with van der Waals surface area (Å²) in [4.78, 5) is 26.3. The lowest BCUT2D eigenvalue weighted by atomic mass is 9.62. The molecule has 1 aliphatic heterocycles. The lowest BCUT2D eigenvalue weighted by Crippen LogP contribution is -2.58. The summed E-state index contributed by atoms with van der Waals surface area (Å²) in [6, 6.07) is -0.500. The smallest absolute Gasteiger partial charge is 0.245 e. The van der Waals surface area contributed by atoms with Crippen LogP contribution in [0.3, 0.4) is 0 Å². The van der Waals surface area contributed by atoms with Gasteiger partial charge in [0.15, 0.2) is 0 Å². The molecule has 1 atom stereocenters. The van der Waals surface area contributed by atoms with Crippen molar-refractivity contribution in [3.05, 3.63) is 0 Å². The number of hydrogen-bond acceptors (Lipinski definition) is 4. The summed E-state index contributed by atoms with van der Waals surface area (Å²) in [5.74, 6) is 0.419. The van der Waals surface area contributed by atoms with Gasteiger partial charge in [-0.05, 0) is 25.7 Å².